The molecule has 0 nitrogen and oxygen atoms in total. The van der Waals surface area contributed by atoms with Crippen LogP contribution in [0, 0.1) is 42.9 Å². The second kappa shape index (κ2) is 203. The Morgan fingerprint density at radius 3 is 0.414 bits per heavy atom. The maximum atomic E-state index is 2.17. The van der Waals surface area contributed by atoms with Gasteiger partial charge >= 0.3 is 0 Å². The SMILES string of the molecule is C.CC.CC.CC.CC.CC(C)C.CC(C)C.CCC.CCC.CCC.[U].[V].[W]. The van der Waals surface area contributed by atoms with Gasteiger partial charge in [0.15, 0.2) is 0 Å². The summed E-state index contributed by atoms with van der Waals surface area (Å²) in [5.74, 6) is 1.67. The molecule has 0 fully saturated rings. The third-order valence-corrected chi connectivity index (χ3v) is 0. The second-order valence-electron chi connectivity index (χ2n) is 5.59. The third-order valence-electron chi connectivity index (χ3n) is 0. The van der Waals surface area contributed by atoms with Gasteiger partial charge in [-0.05, 0) is 11.8 Å². The van der Waals surface area contributed by atoms with Crippen LogP contribution in [0.3, 0.4) is 0 Å². The van der Waals surface area contributed by atoms with Crippen LogP contribution in [-0.2, 0) is 39.6 Å². The first-order chi connectivity index (χ1) is 11.7. The summed E-state index contributed by atoms with van der Waals surface area (Å²) >= 11 is 0. The monoisotopic (exact) mass is 858 g/mol. The molecule has 29 heavy (non-hydrogen) atoms. The van der Waals surface area contributed by atoms with Gasteiger partial charge in [0, 0.05) is 70.7 Å². The first-order valence-electron chi connectivity index (χ1n) is 11.7. The molecule has 0 aliphatic heterocycles. The van der Waals surface area contributed by atoms with E-state index < -0.39 is 0 Å². The number of hydrogen-bond acceptors (Lipinski definition) is 0. The Labute approximate surface area is 245 Å². The van der Waals surface area contributed by atoms with E-state index in [-0.39, 0.29) is 78.2 Å². The molecular formula is C26H72UVW. The fourth-order valence-electron chi connectivity index (χ4n) is 0. The molecule has 0 aromatic rings. The molecule has 0 saturated heterocycles. The molecule has 0 saturated carbocycles. The smallest absolute Gasteiger partial charge is 0 e. The van der Waals surface area contributed by atoms with Crippen molar-refractivity contribution in [2.75, 3.05) is 0 Å². The van der Waals surface area contributed by atoms with Crippen molar-refractivity contribution in [2.45, 2.75) is 165 Å². The van der Waals surface area contributed by atoms with Crippen molar-refractivity contribution >= 4 is 0 Å². The minimum absolute atomic E-state index is 0. The van der Waals surface area contributed by atoms with Gasteiger partial charge in [-0.25, -0.2) is 0 Å². The Hall–Kier alpha value is 2.32. The summed E-state index contributed by atoms with van der Waals surface area (Å²) in [6, 6.07) is 0. The third kappa shape index (κ3) is 4500. The van der Waals surface area contributed by atoms with Gasteiger partial charge < -0.3 is 0 Å². The van der Waals surface area contributed by atoms with E-state index in [1.54, 1.807) is 0 Å². The topological polar surface area (TPSA) is 0 Å². The molecule has 0 atom stereocenters. The summed E-state index contributed by atoms with van der Waals surface area (Å²) < 4.78 is 0. The van der Waals surface area contributed by atoms with E-state index in [9.17, 15) is 0 Å². The van der Waals surface area contributed by atoms with Crippen LogP contribution in [0.5, 0.6) is 0 Å². The maximum Gasteiger partial charge on any atom is 0 e. The maximum absolute atomic E-state index is 2.17. The molecular weight excluding hydrogens is 785 g/mol. The van der Waals surface area contributed by atoms with Gasteiger partial charge in [0.05, 0.1) is 0 Å². The van der Waals surface area contributed by atoms with Crippen molar-refractivity contribution in [3.05, 3.63) is 0 Å². The number of rotatable bonds is 0. The molecule has 0 aromatic heterocycles. The molecule has 1 radical (unpaired) electrons. The van der Waals surface area contributed by atoms with E-state index in [1.807, 2.05) is 55.4 Å². The molecule has 0 amide bonds. The average molecular weight is 858 g/mol. The molecule has 0 heterocycles. The predicted octanol–water partition coefficient (Wildman–Crippen LogP) is 12.3. The van der Waals surface area contributed by atoms with Crippen LogP contribution in [0.15, 0.2) is 0 Å². The van der Waals surface area contributed by atoms with Crippen LogP contribution in [0.25, 0.3) is 0 Å². The summed E-state index contributed by atoms with van der Waals surface area (Å²) in [5.41, 5.74) is 0. The zero-order valence-corrected chi connectivity index (χ0v) is 33.1. The molecule has 0 aromatic carbocycles. The van der Waals surface area contributed by atoms with Crippen molar-refractivity contribution in [3.8, 4) is 0 Å². The van der Waals surface area contributed by atoms with Gasteiger partial charge in [-0.3, -0.25) is 0 Å². The van der Waals surface area contributed by atoms with Gasteiger partial charge in [0.1, 0.15) is 0 Å². The first-order valence-corrected chi connectivity index (χ1v) is 11.7. The Kier molecular flexibility index (Phi) is 601. The predicted molar refractivity (Wildman–Crippen MR) is 141 cm³/mol. The quantitative estimate of drug-likeness (QED) is 0.228. The van der Waals surface area contributed by atoms with Crippen LogP contribution in [0.4, 0.5) is 0 Å². The van der Waals surface area contributed by atoms with Crippen molar-refractivity contribution in [2.24, 2.45) is 11.8 Å². The fraction of sp³-hybridized carbons (Fsp3) is 1.00. The van der Waals surface area contributed by atoms with E-state index in [2.05, 4.69) is 83.1 Å². The molecule has 0 unspecified atom stereocenters. The van der Waals surface area contributed by atoms with Crippen LogP contribution in [0.1, 0.15) is 165 Å². The van der Waals surface area contributed by atoms with Crippen LogP contribution in [-0.4, -0.2) is 0 Å². The molecule has 0 spiro atoms. The molecule has 0 aliphatic carbocycles. The summed E-state index contributed by atoms with van der Waals surface area (Å²) in [7, 11) is 0. The van der Waals surface area contributed by atoms with Gasteiger partial charge in [-0.1, -0.05) is 165 Å². The molecule has 0 N–H and O–H groups in total. The Bertz CT molecular complexity index is 55.5. The zero-order chi connectivity index (χ0) is 23.3. The van der Waals surface area contributed by atoms with Crippen molar-refractivity contribution in [1.82, 2.24) is 0 Å². The Morgan fingerprint density at radius 2 is 0.414 bits per heavy atom. The minimum atomic E-state index is 0. The van der Waals surface area contributed by atoms with Gasteiger partial charge in [-0.15, -0.1) is 0 Å². The van der Waals surface area contributed by atoms with Crippen molar-refractivity contribution < 1.29 is 70.7 Å². The largest absolute Gasteiger partial charge is 0.0776 e. The van der Waals surface area contributed by atoms with E-state index in [0.29, 0.717) is 0 Å². The molecule has 0 rings (SSSR count). The molecule has 191 valence electrons. The van der Waals surface area contributed by atoms with Gasteiger partial charge in [0.25, 0.3) is 0 Å². The summed E-state index contributed by atoms with van der Waals surface area (Å²) in [6.45, 7) is 41.8. The van der Waals surface area contributed by atoms with Crippen LogP contribution in [0.2, 0.25) is 0 Å². The Balaban J connectivity index is -0.00000000900. The Morgan fingerprint density at radius 1 is 0.414 bits per heavy atom. The van der Waals surface area contributed by atoms with Crippen molar-refractivity contribution in [1.29, 1.82) is 0 Å². The molecule has 0 bridgehead atoms. The fourth-order valence-corrected chi connectivity index (χ4v) is 0. The summed E-state index contributed by atoms with van der Waals surface area (Å²) in [6.07, 6.45) is 3.75. The minimum Gasteiger partial charge on any atom is -0.0776 e. The van der Waals surface area contributed by atoms with Gasteiger partial charge in [-0.2, -0.15) is 0 Å². The van der Waals surface area contributed by atoms with E-state index in [1.165, 1.54) is 19.3 Å². The number of hydrogen-bond donors (Lipinski definition) is 0. The molecule has 3 heteroatoms. The normalized spacial score (nSPS) is 5.17. The standard InChI is InChI=1S/2C4H10.3C3H8.4C2H6.CH4.U.V.W/c2*1-4(2)3;3*1-3-2;4*1-2;;;;/h2*4H,1-3H3;3*3H2,1-2H3;4*1-2H3;1H4;;;. The van der Waals surface area contributed by atoms with Crippen molar-refractivity contribution in [3.63, 3.8) is 0 Å². The average Bonchev–Trinajstić information content (AvgIpc) is 2.56. The van der Waals surface area contributed by atoms with Gasteiger partial charge in [0.2, 0.25) is 0 Å². The molecule has 0 aliphatic rings. The van der Waals surface area contributed by atoms with E-state index in [4.69, 9.17) is 0 Å². The zero-order valence-electron chi connectivity index (χ0n) is 24.6. The summed E-state index contributed by atoms with van der Waals surface area (Å²) in [4.78, 5) is 0. The van der Waals surface area contributed by atoms with E-state index >= 15 is 0 Å². The second-order valence-corrected chi connectivity index (χ2v) is 5.59. The van der Waals surface area contributed by atoms with Crippen LogP contribution < -0.4 is 0 Å². The van der Waals surface area contributed by atoms with Crippen LogP contribution >= 0.6 is 0 Å². The van der Waals surface area contributed by atoms with E-state index in [0.717, 1.165) is 11.8 Å². The first kappa shape index (κ1) is 85.8. The summed E-state index contributed by atoms with van der Waals surface area (Å²) in [5, 5.41) is 0.